The maximum absolute atomic E-state index is 14.1. The monoisotopic (exact) mass is 573 g/mol. The van der Waals surface area contributed by atoms with Gasteiger partial charge in [0, 0.05) is 36.4 Å². The maximum atomic E-state index is 14.1. The molecule has 2 unspecified atom stereocenters. The first-order valence-electron chi connectivity index (χ1n) is 12.0. The predicted octanol–water partition coefficient (Wildman–Crippen LogP) is 4.76. The Labute approximate surface area is 226 Å². The van der Waals surface area contributed by atoms with E-state index < -0.39 is 47.2 Å². The zero-order valence-electron chi connectivity index (χ0n) is 20.8. The van der Waals surface area contributed by atoms with E-state index in [4.69, 9.17) is 0 Å². The molecule has 1 aliphatic carbocycles. The van der Waals surface area contributed by atoms with Crippen LogP contribution in [0.5, 0.6) is 0 Å². The fourth-order valence-corrected chi connectivity index (χ4v) is 5.12. The molecule has 210 valence electrons. The minimum atomic E-state index is -4.84. The average Bonchev–Trinajstić information content (AvgIpc) is 3.64. The molecule has 10 nitrogen and oxygen atoms in total. The van der Waals surface area contributed by atoms with Gasteiger partial charge in [-0.15, -0.1) is 5.10 Å². The van der Waals surface area contributed by atoms with Crippen molar-refractivity contribution in [2.75, 3.05) is 5.32 Å². The molecular formula is C25H17F6N9O. The van der Waals surface area contributed by atoms with E-state index in [2.05, 4.69) is 35.5 Å². The molecule has 0 aromatic carbocycles. The van der Waals surface area contributed by atoms with E-state index in [-0.39, 0.29) is 40.5 Å². The summed E-state index contributed by atoms with van der Waals surface area (Å²) in [6.07, 6.45) is 1.10. The average molecular weight is 573 g/mol. The molecule has 1 aliphatic rings. The Hall–Kier alpha value is -4.89. The summed E-state index contributed by atoms with van der Waals surface area (Å²) in [7, 11) is 0. The van der Waals surface area contributed by atoms with Gasteiger partial charge in [0.2, 0.25) is 11.9 Å². The number of pyridine rings is 1. The molecule has 0 saturated carbocycles. The molecule has 1 N–H and O–H groups in total. The summed E-state index contributed by atoms with van der Waals surface area (Å²) < 4.78 is 84.1. The third-order valence-electron chi connectivity index (χ3n) is 6.92. The predicted molar refractivity (Wildman–Crippen MR) is 129 cm³/mol. The minimum absolute atomic E-state index is 0.0494. The van der Waals surface area contributed by atoms with Crippen LogP contribution in [0.15, 0.2) is 55.2 Å². The molecular weight excluding hydrogens is 556 g/mol. The Morgan fingerprint density at radius 2 is 1.85 bits per heavy atom. The molecule has 41 heavy (non-hydrogen) atoms. The van der Waals surface area contributed by atoms with Gasteiger partial charge in [-0.3, -0.25) is 9.78 Å². The number of hydrogen-bond acceptors (Lipinski definition) is 7. The number of nitrogens with zero attached hydrogens (tertiary/aromatic N) is 8. The molecule has 5 aromatic heterocycles. The first-order valence-corrected chi connectivity index (χ1v) is 12.0. The van der Waals surface area contributed by atoms with E-state index >= 15 is 0 Å². The Balaban J connectivity index is 1.40. The van der Waals surface area contributed by atoms with Crippen LogP contribution in [0.3, 0.4) is 0 Å². The van der Waals surface area contributed by atoms with E-state index in [0.717, 1.165) is 24.5 Å². The lowest BCUT2D eigenvalue weighted by atomic mass is 9.82. The molecule has 5 aromatic rings. The molecule has 0 saturated heterocycles. The standard InChI is InChI=1S/C25H17F6N9O/c1-24(16-3-6-39(37-16)23(27)28)9-13(14-11-34-18-8-17(26)38-40(18)20(14)24)22(41)36-12-7-15(25(29,30)31)19(35-10-12)21-32-4-2-5-33-21/h2-8,10-11,13,23H,9H2,1H3,(H,36,41). The number of nitrogens with one attached hydrogen (secondary N) is 1. The number of alkyl halides is 5. The van der Waals surface area contributed by atoms with Gasteiger partial charge in [-0.25, -0.2) is 24.1 Å². The molecule has 6 rings (SSSR count). The fraction of sp³-hybridized carbons (Fsp3) is 0.240. The summed E-state index contributed by atoms with van der Waals surface area (Å²) in [5.74, 6) is -2.87. The number of hydrogen-bond donors (Lipinski definition) is 1. The highest BCUT2D eigenvalue weighted by atomic mass is 19.4. The summed E-state index contributed by atoms with van der Waals surface area (Å²) in [6.45, 7) is -1.29. The van der Waals surface area contributed by atoms with E-state index in [1.165, 1.54) is 35.2 Å². The number of amides is 1. The van der Waals surface area contributed by atoms with Gasteiger partial charge in [0.25, 0.3) is 0 Å². The second-order valence-electron chi connectivity index (χ2n) is 9.53. The van der Waals surface area contributed by atoms with Gasteiger partial charge < -0.3 is 5.32 Å². The molecule has 5 heterocycles. The number of aromatic nitrogens is 8. The molecule has 0 spiro atoms. The molecule has 0 fully saturated rings. The van der Waals surface area contributed by atoms with Crippen molar-refractivity contribution in [2.45, 2.75) is 37.4 Å². The summed E-state index contributed by atoms with van der Waals surface area (Å²) in [4.78, 5) is 29.2. The van der Waals surface area contributed by atoms with Crippen LogP contribution < -0.4 is 5.32 Å². The van der Waals surface area contributed by atoms with Gasteiger partial charge in [-0.05, 0) is 31.5 Å². The lowest BCUT2D eigenvalue weighted by Crippen LogP contribution is -2.26. The van der Waals surface area contributed by atoms with Crippen molar-refractivity contribution < 1.29 is 31.1 Å². The molecule has 1 amide bonds. The highest BCUT2D eigenvalue weighted by Crippen LogP contribution is 2.49. The van der Waals surface area contributed by atoms with E-state index in [0.29, 0.717) is 4.68 Å². The quantitative estimate of drug-likeness (QED) is 0.302. The number of carbonyl (C=O) groups is 1. The van der Waals surface area contributed by atoms with E-state index in [1.807, 2.05) is 0 Å². The Morgan fingerprint density at radius 3 is 2.54 bits per heavy atom. The molecule has 0 aliphatic heterocycles. The highest BCUT2D eigenvalue weighted by Gasteiger charge is 2.49. The van der Waals surface area contributed by atoms with Crippen LogP contribution in [0.1, 0.15) is 48.3 Å². The Morgan fingerprint density at radius 1 is 1.10 bits per heavy atom. The highest BCUT2D eigenvalue weighted by molar-refractivity contribution is 5.97. The van der Waals surface area contributed by atoms with E-state index in [9.17, 15) is 31.1 Å². The topological polar surface area (TPSA) is 116 Å². The number of fused-ring (bicyclic) bond motifs is 3. The lowest BCUT2D eigenvalue weighted by molar-refractivity contribution is -0.137. The Kier molecular flexibility index (Phi) is 6.00. The molecule has 16 heteroatoms. The van der Waals surface area contributed by atoms with Crippen LogP contribution >= 0.6 is 0 Å². The van der Waals surface area contributed by atoms with Crippen molar-refractivity contribution in [3.05, 3.63) is 83.7 Å². The van der Waals surface area contributed by atoms with Crippen LogP contribution in [-0.2, 0) is 16.4 Å². The second-order valence-corrected chi connectivity index (χ2v) is 9.53. The van der Waals surface area contributed by atoms with Crippen molar-refractivity contribution in [1.29, 1.82) is 0 Å². The van der Waals surface area contributed by atoms with Crippen LogP contribution in [0, 0.1) is 5.95 Å². The number of carbonyl (C=O) groups excluding carboxylic acids is 1. The van der Waals surface area contributed by atoms with Crippen molar-refractivity contribution in [3.63, 3.8) is 0 Å². The van der Waals surface area contributed by atoms with Crippen LogP contribution in [0.25, 0.3) is 17.2 Å². The van der Waals surface area contributed by atoms with Crippen LogP contribution in [-0.4, -0.2) is 45.2 Å². The SMILES string of the molecule is CC1(c2ccn(C(F)F)n2)CC(C(=O)Nc2cnc(-c3ncccn3)c(C(F)(F)F)c2)c2cnc3cc(F)nn3c21. The first-order chi connectivity index (χ1) is 19.5. The lowest BCUT2D eigenvalue weighted by Gasteiger charge is -2.23. The summed E-state index contributed by atoms with van der Waals surface area (Å²) in [6, 6.07) is 4.58. The number of halogens is 6. The molecule has 2 atom stereocenters. The molecule has 0 bridgehead atoms. The third-order valence-corrected chi connectivity index (χ3v) is 6.92. The summed E-state index contributed by atoms with van der Waals surface area (Å²) >= 11 is 0. The van der Waals surface area contributed by atoms with Gasteiger partial charge in [0.15, 0.2) is 11.5 Å². The number of rotatable bonds is 5. The van der Waals surface area contributed by atoms with Crippen molar-refractivity contribution in [3.8, 4) is 11.5 Å². The minimum Gasteiger partial charge on any atom is -0.324 e. The van der Waals surface area contributed by atoms with Gasteiger partial charge in [-0.1, -0.05) is 0 Å². The fourth-order valence-electron chi connectivity index (χ4n) is 5.12. The van der Waals surface area contributed by atoms with Gasteiger partial charge in [-0.2, -0.15) is 31.4 Å². The Bertz CT molecular complexity index is 1790. The molecule has 0 radical (unpaired) electrons. The summed E-state index contributed by atoms with van der Waals surface area (Å²) in [5.41, 5.74) is -2.31. The third kappa shape index (κ3) is 4.44. The zero-order chi connectivity index (χ0) is 29.1. The smallest absolute Gasteiger partial charge is 0.324 e. The van der Waals surface area contributed by atoms with Crippen LogP contribution in [0.2, 0.25) is 0 Å². The summed E-state index contributed by atoms with van der Waals surface area (Å²) in [5, 5.41) is 10.3. The maximum Gasteiger partial charge on any atom is 0.418 e. The second kappa shape index (κ2) is 9.35. The van der Waals surface area contributed by atoms with Gasteiger partial charge in [0.1, 0.15) is 5.69 Å². The van der Waals surface area contributed by atoms with Gasteiger partial charge >= 0.3 is 12.7 Å². The largest absolute Gasteiger partial charge is 0.418 e. The zero-order valence-corrected chi connectivity index (χ0v) is 20.8. The van der Waals surface area contributed by atoms with Crippen LogP contribution in [0.4, 0.5) is 32.0 Å². The van der Waals surface area contributed by atoms with Crippen molar-refractivity contribution in [1.82, 2.24) is 39.3 Å². The van der Waals surface area contributed by atoms with E-state index in [1.54, 1.807) is 6.92 Å². The van der Waals surface area contributed by atoms with Crippen molar-refractivity contribution in [2.24, 2.45) is 0 Å². The first kappa shape index (κ1) is 26.3. The van der Waals surface area contributed by atoms with Crippen molar-refractivity contribution >= 4 is 17.2 Å². The normalized spacial score (nSPS) is 18.7. The number of anilines is 1. The van der Waals surface area contributed by atoms with Gasteiger partial charge in [0.05, 0.1) is 40.2 Å².